The van der Waals surface area contributed by atoms with Gasteiger partial charge < -0.3 is 18.8 Å². The van der Waals surface area contributed by atoms with Crippen LogP contribution in [0.15, 0.2) is 0 Å². The molecule has 0 aromatic carbocycles. The van der Waals surface area contributed by atoms with Crippen LogP contribution in [0.1, 0.15) is 13.8 Å². The molecular formula is C10H20NO6P. The van der Waals surface area contributed by atoms with Crippen molar-refractivity contribution in [2.75, 3.05) is 33.3 Å². The quantitative estimate of drug-likeness (QED) is 0.514. The summed E-state index contributed by atoms with van der Waals surface area (Å²) in [7, 11) is -1.44. The highest BCUT2D eigenvalue weighted by Gasteiger charge is 2.28. The number of hydrogen-bond acceptors (Lipinski definition) is 6. The summed E-state index contributed by atoms with van der Waals surface area (Å²) in [6.45, 7) is 4.28. The van der Waals surface area contributed by atoms with Gasteiger partial charge >= 0.3 is 11.9 Å². The Morgan fingerprint density at radius 1 is 1.33 bits per heavy atom. The summed E-state index contributed by atoms with van der Waals surface area (Å²) >= 11 is 0. The van der Waals surface area contributed by atoms with Crippen molar-refractivity contribution in [1.29, 1.82) is 0 Å². The number of methoxy groups -OCH3 is 1. The molecule has 0 heterocycles. The third-order valence-corrected chi connectivity index (χ3v) is 3.44. The zero-order valence-electron chi connectivity index (χ0n) is 11.1. The highest BCUT2D eigenvalue weighted by atomic mass is 31.2. The van der Waals surface area contributed by atoms with E-state index in [1.807, 2.05) is 0 Å². The molecule has 0 fully saturated rings. The second-order valence-electron chi connectivity index (χ2n) is 3.76. The van der Waals surface area contributed by atoms with Crippen LogP contribution in [0.4, 0.5) is 0 Å². The van der Waals surface area contributed by atoms with E-state index in [2.05, 4.69) is 5.09 Å². The van der Waals surface area contributed by atoms with Crippen LogP contribution in [0.5, 0.6) is 0 Å². The lowest BCUT2D eigenvalue weighted by Crippen LogP contribution is -2.41. The molecule has 8 heteroatoms. The van der Waals surface area contributed by atoms with Crippen molar-refractivity contribution in [3.05, 3.63) is 0 Å². The van der Waals surface area contributed by atoms with Crippen LogP contribution < -0.4 is 5.09 Å². The monoisotopic (exact) mass is 281 g/mol. The molecule has 0 aromatic heterocycles. The van der Waals surface area contributed by atoms with Gasteiger partial charge in [-0.05, 0) is 6.92 Å². The van der Waals surface area contributed by atoms with Crippen molar-refractivity contribution in [3.63, 3.8) is 0 Å². The number of ether oxygens (including phenoxy) is 3. The van der Waals surface area contributed by atoms with Crippen molar-refractivity contribution in [2.45, 2.75) is 19.9 Å². The van der Waals surface area contributed by atoms with Crippen molar-refractivity contribution in [3.8, 4) is 0 Å². The second kappa shape index (κ2) is 8.24. The van der Waals surface area contributed by atoms with E-state index < -0.39 is 25.3 Å². The molecule has 18 heavy (non-hydrogen) atoms. The minimum Gasteiger partial charge on any atom is -0.465 e. The van der Waals surface area contributed by atoms with Gasteiger partial charge in [0.25, 0.3) is 0 Å². The Balaban J connectivity index is 4.60. The Morgan fingerprint density at radius 3 is 2.39 bits per heavy atom. The third-order valence-electron chi connectivity index (χ3n) is 1.83. The number of esters is 2. The molecule has 0 aromatic rings. The lowest BCUT2D eigenvalue weighted by Gasteiger charge is -2.21. The zero-order chi connectivity index (χ0) is 14.2. The van der Waals surface area contributed by atoms with Crippen LogP contribution in [0.3, 0.4) is 0 Å². The molecule has 2 atom stereocenters. The number of carbonyl (C=O) groups is 2. The lowest BCUT2D eigenvalue weighted by atomic mass is 10.3. The van der Waals surface area contributed by atoms with E-state index in [9.17, 15) is 14.2 Å². The molecule has 0 amide bonds. The molecule has 0 bridgehead atoms. The zero-order valence-corrected chi connectivity index (χ0v) is 12.0. The Bertz CT molecular complexity index is 332. The maximum Gasteiger partial charge on any atom is 0.327 e. The first-order chi connectivity index (χ1) is 8.32. The summed E-state index contributed by atoms with van der Waals surface area (Å²) in [5.74, 6) is -1.14. The van der Waals surface area contributed by atoms with Gasteiger partial charge in [0, 0.05) is 20.7 Å². The first-order valence-electron chi connectivity index (χ1n) is 5.45. The number of nitrogens with one attached hydrogen (secondary N) is 1. The third kappa shape index (κ3) is 7.42. The SMILES string of the molecule is CCOC(=O)C(COC(C)=O)NP(C)(=O)COC. The molecule has 1 N–H and O–H groups in total. The fourth-order valence-electron chi connectivity index (χ4n) is 1.21. The first kappa shape index (κ1) is 17.1. The van der Waals surface area contributed by atoms with Crippen LogP contribution in [-0.4, -0.2) is 51.3 Å². The summed E-state index contributed by atoms with van der Waals surface area (Å²) in [5.41, 5.74) is 0. The highest BCUT2D eigenvalue weighted by Crippen LogP contribution is 2.36. The van der Waals surface area contributed by atoms with Gasteiger partial charge in [-0.3, -0.25) is 9.59 Å². The molecule has 0 aliphatic carbocycles. The molecule has 0 saturated carbocycles. The van der Waals surface area contributed by atoms with Crippen molar-refractivity contribution >= 4 is 19.2 Å². The van der Waals surface area contributed by atoms with Crippen molar-refractivity contribution in [2.24, 2.45) is 0 Å². The summed E-state index contributed by atoms with van der Waals surface area (Å²) < 4.78 is 26.3. The number of rotatable bonds is 8. The largest absolute Gasteiger partial charge is 0.465 e. The molecule has 0 rings (SSSR count). The van der Waals surface area contributed by atoms with Crippen molar-refractivity contribution in [1.82, 2.24) is 5.09 Å². The normalized spacial score (nSPS) is 15.6. The molecule has 7 nitrogen and oxygen atoms in total. The number of carbonyl (C=O) groups excluding carboxylic acids is 2. The van der Waals surface area contributed by atoms with Crippen LogP contribution in [-0.2, 0) is 28.4 Å². The van der Waals surface area contributed by atoms with Gasteiger partial charge in [0.1, 0.15) is 19.0 Å². The van der Waals surface area contributed by atoms with Gasteiger partial charge in [0.15, 0.2) is 7.29 Å². The van der Waals surface area contributed by atoms with Gasteiger partial charge in [0.05, 0.1) is 6.61 Å². The molecule has 0 aliphatic heterocycles. The Morgan fingerprint density at radius 2 is 1.94 bits per heavy atom. The van der Waals surface area contributed by atoms with Crippen LogP contribution >= 0.6 is 7.29 Å². The molecular weight excluding hydrogens is 261 g/mol. The molecule has 106 valence electrons. The average molecular weight is 281 g/mol. The maximum atomic E-state index is 12.0. The van der Waals surface area contributed by atoms with Crippen LogP contribution in [0.2, 0.25) is 0 Å². The molecule has 0 spiro atoms. The second-order valence-corrected chi connectivity index (χ2v) is 6.47. The van der Waals surface area contributed by atoms with Crippen LogP contribution in [0, 0.1) is 0 Å². The van der Waals surface area contributed by atoms with Gasteiger partial charge in [-0.25, -0.2) is 5.09 Å². The Labute approximate surface area is 107 Å². The van der Waals surface area contributed by atoms with E-state index in [4.69, 9.17) is 14.2 Å². The minimum atomic E-state index is -2.85. The smallest absolute Gasteiger partial charge is 0.327 e. The standard InChI is InChI=1S/C10H20NO6P/c1-5-16-10(13)9(6-17-8(2)12)11-18(4,14)7-15-3/h9H,5-7H2,1-4H3,(H,11,14). The summed E-state index contributed by atoms with van der Waals surface area (Å²) in [4.78, 5) is 22.3. The Kier molecular flexibility index (Phi) is 7.82. The highest BCUT2D eigenvalue weighted by molar-refractivity contribution is 7.60. The van der Waals surface area contributed by atoms with Crippen LogP contribution in [0.25, 0.3) is 0 Å². The van der Waals surface area contributed by atoms with Gasteiger partial charge in [-0.2, -0.15) is 0 Å². The van der Waals surface area contributed by atoms with E-state index in [1.54, 1.807) is 6.92 Å². The lowest BCUT2D eigenvalue weighted by molar-refractivity contribution is -0.150. The predicted molar refractivity (Wildman–Crippen MR) is 65.6 cm³/mol. The summed E-state index contributed by atoms with van der Waals surface area (Å²) in [6, 6.07) is -0.958. The predicted octanol–water partition coefficient (Wildman–Crippen LogP) is 0.583. The number of hydrogen-bond donors (Lipinski definition) is 1. The minimum absolute atomic E-state index is 0.0248. The fourth-order valence-corrected chi connectivity index (χ4v) is 2.62. The van der Waals surface area contributed by atoms with Crippen molar-refractivity contribution < 1.29 is 28.4 Å². The van der Waals surface area contributed by atoms with Gasteiger partial charge in [0.2, 0.25) is 0 Å². The van der Waals surface area contributed by atoms with Gasteiger partial charge in [-0.1, -0.05) is 0 Å². The maximum absolute atomic E-state index is 12.0. The topological polar surface area (TPSA) is 90.9 Å². The fraction of sp³-hybridized carbons (Fsp3) is 0.800. The molecule has 2 unspecified atom stereocenters. The molecule has 0 radical (unpaired) electrons. The summed E-state index contributed by atoms with van der Waals surface area (Å²) in [5, 5.41) is 2.61. The van der Waals surface area contributed by atoms with E-state index in [1.165, 1.54) is 20.7 Å². The van der Waals surface area contributed by atoms with E-state index >= 15 is 0 Å². The van der Waals surface area contributed by atoms with E-state index in [0.29, 0.717) is 0 Å². The Hall–Kier alpha value is -0.910. The summed E-state index contributed by atoms with van der Waals surface area (Å²) in [6.07, 6.45) is -0.0248. The first-order valence-corrected chi connectivity index (χ1v) is 7.79. The molecule has 0 aliphatic rings. The van der Waals surface area contributed by atoms with E-state index in [0.717, 1.165) is 0 Å². The molecule has 0 saturated heterocycles. The van der Waals surface area contributed by atoms with E-state index in [-0.39, 0.29) is 19.6 Å². The van der Waals surface area contributed by atoms with Gasteiger partial charge in [-0.15, -0.1) is 0 Å². The average Bonchev–Trinajstić information content (AvgIpc) is 2.24.